The third kappa shape index (κ3) is 6.10. The predicted molar refractivity (Wildman–Crippen MR) is 83.1 cm³/mol. The van der Waals surface area contributed by atoms with Crippen LogP contribution in [0.1, 0.15) is 51.9 Å². The molecule has 0 unspecified atom stereocenters. The van der Waals surface area contributed by atoms with Gasteiger partial charge in [0.2, 0.25) is 10.0 Å². The first-order chi connectivity index (χ1) is 9.62. The van der Waals surface area contributed by atoms with Gasteiger partial charge in [-0.3, -0.25) is 0 Å². The highest BCUT2D eigenvalue weighted by Gasteiger charge is 2.41. The van der Waals surface area contributed by atoms with E-state index in [4.69, 9.17) is 0 Å². The summed E-state index contributed by atoms with van der Waals surface area (Å²) in [6.45, 7) is 4.77. The van der Waals surface area contributed by atoms with Crippen LogP contribution in [0.15, 0.2) is 0 Å². The quantitative estimate of drug-likeness (QED) is 0.543. The fraction of sp³-hybridized carbons (Fsp3) is 1.00. The first kappa shape index (κ1) is 16.2. The van der Waals surface area contributed by atoms with Crippen LogP contribution in [0.2, 0.25) is 0 Å². The fourth-order valence-corrected chi connectivity index (χ4v) is 4.08. The Hall–Kier alpha value is -0.130. The van der Waals surface area contributed by atoms with Crippen molar-refractivity contribution in [3.63, 3.8) is 0 Å². The number of hydrogen-bond acceptors (Lipinski definition) is 3. The van der Waals surface area contributed by atoms with Gasteiger partial charge >= 0.3 is 0 Å². The second-order valence-corrected chi connectivity index (χ2v) is 8.39. The Balaban J connectivity index is 1.58. The lowest BCUT2D eigenvalue weighted by Crippen LogP contribution is -2.33. The number of unbranched alkanes of at least 4 members (excludes halogenated alkanes) is 1. The molecule has 0 spiro atoms. The lowest BCUT2D eigenvalue weighted by molar-refractivity contribution is 0.401. The molecule has 0 amide bonds. The summed E-state index contributed by atoms with van der Waals surface area (Å²) in [4.78, 5) is 0. The van der Waals surface area contributed by atoms with Crippen LogP contribution >= 0.6 is 0 Å². The first-order valence-corrected chi connectivity index (χ1v) is 9.95. The third-order valence-electron chi connectivity index (χ3n) is 4.44. The maximum atomic E-state index is 12.0. The van der Waals surface area contributed by atoms with Crippen LogP contribution in [0.4, 0.5) is 0 Å². The van der Waals surface area contributed by atoms with Gasteiger partial charge in [0, 0.05) is 6.54 Å². The summed E-state index contributed by atoms with van der Waals surface area (Å²) in [5.74, 6) is 2.52. The van der Waals surface area contributed by atoms with Crippen LogP contribution in [0, 0.1) is 17.8 Å². The molecule has 0 radical (unpaired) electrons. The van der Waals surface area contributed by atoms with E-state index in [1.165, 1.54) is 25.7 Å². The fourth-order valence-electron chi connectivity index (χ4n) is 2.91. The number of hydrogen-bond donors (Lipinski definition) is 2. The van der Waals surface area contributed by atoms with E-state index >= 15 is 0 Å². The Kier molecular flexibility index (Phi) is 6.30. The van der Waals surface area contributed by atoms with Crippen molar-refractivity contribution < 1.29 is 8.42 Å². The molecule has 2 rings (SSSR count). The monoisotopic (exact) mass is 302 g/mol. The molecule has 20 heavy (non-hydrogen) atoms. The zero-order valence-electron chi connectivity index (χ0n) is 12.7. The van der Waals surface area contributed by atoms with E-state index in [0.29, 0.717) is 12.5 Å². The largest absolute Gasteiger partial charge is 0.317 e. The van der Waals surface area contributed by atoms with E-state index < -0.39 is 10.0 Å². The van der Waals surface area contributed by atoms with Gasteiger partial charge in [0.15, 0.2) is 0 Å². The minimum atomic E-state index is -3.06. The van der Waals surface area contributed by atoms with E-state index in [9.17, 15) is 8.42 Å². The zero-order valence-corrected chi connectivity index (χ0v) is 13.6. The highest BCUT2D eigenvalue weighted by molar-refractivity contribution is 7.89. The summed E-state index contributed by atoms with van der Waals surface area (Å²) in [5, 5.41) is 3.30. The molecule has 4 nitrogen and oxygen atoms in total. The van der Waals surface area contributed by atoms with Crippen molar-refractivity contribution in [1.29, 1.82) is 0 Å². The Morgan fingerprint density at radius 1 is 1.05 bits per heavy atom. The Morgan fingerprint density at radius 2 is 1.70 bits per heavy atom. The molecule has 2 aliphatic rings. The molecule has 118 valence electrons. The minimum Gasteiger partial charge on any atom is -0.317 e. The smallest absolute Gasteiger partial charge is 0.211 e. The van der Waals surface area contributed by atoms with Gasteiger partial charge < -0.3 is 5.32 Å². The van der Waals surface area contributed by atoms with Crippen molar-refractivity contribution in [1.82, 2.24) is 10.0 Å². The molecule has 0 aromatic carbocycles. The molecule has 0 heterocycles. The van der Waals surface area contributed by atoms with E-state index in [0.717, 1.165) is 44.2 Å². The highest BCUT2D eigenvalue weighted by atomic mass is 32.2. The lowest BCUT2D eigenvalue weighted by Gasteiger charge is -2.16. The van der Waals surface area contributed by atoms with E-state index in [1.807, 2.05) is 0 Å². The SMILES string of the molecule is CCCNCCCCS(=O)(=O)NCC(C1CC1)C1CC1. The molecule has 2 fully saturated rings. The van der Waals surface area contributed by atoms with Crippen LogP contribution < -0.4 is 10.0 Å². The molecule has 2 N–H and O–H groups in total. The molecular formula is C15H30N2O2S. The standard InChI is InChI=1S/C15H30N2O2S/c1-2-9-16-10-3-4-11-20(18,19)17-12-15(13-5-6-13)14-7-8-14/h13-17H,2-12H2,1H3. The molecule has 2 aliphatic carbocycles. The zero-order chi connectivity index (χ0) is 14.4. The van der Waals surface area contributed by atoms with Gasteiger partial charge in [0.25, 0.3) is 0 Å². The van der Waals surface area contributed by atoms with E-state index in [2.05, 4.69) is 17.0 Å². The maximum Gasteiger partial charge on any atom is 0.211 e. The average molecular weight is 302 g/mol. The van der Waals surface area contributed by atoms with Crippen LogP contribution in [0.25, 0.3) is 0 Å². The van der Waals surface area contributed by atoms with Gasteiger partial charge in [-0.15, -0.1) is 0 Å². The van der Waals surface area contributed by atoms with Crippen molar-refractivity contribution in [3.8, 4) is 0 Å². The molecule has 2 saturated carbocycles. The highest BCUT2D eigenvalue weighted by Crippen LogP contribution is 2.48. The molecular weight excluding hydrogens is 272 g/mol. The Bertz CT molecular complexity index is 363. The van der Waals surface area contributed by atoms with Crippen LogP contribution in [0.5, 0.6) is 0 Å². The van der Waals surface area contributed by atoms with Crippen molar-refractivity contribution in [3.05, 3.63) is 0 Å². The molecule has 5 heteroatoms. The van der Waals surface area contributed by atoms with Gasteiger partial charge in [0.05, 0.1) is 5.75 Å². The van der Waals surface area contributed by atoms with Crippen LogP contribution in [0.3, 0.4) is 0 Å². The number of rotatable bonds is 12. The summed E-state index contributed by atoms with van der Waals surface area (Å²) in [6.07, 6.45) is 8.07. The summed E-state index contributed by atoms with van der Waals surface area (Å²) >= 11 is 0. The molecule has 0 bridgehead atoms. The van der Waals surface area contributed by atoms with Gasteiger partial charge in [-0.2, -0.15) is 0 Å². The Labute approximate surface area is 124 Å². The predicted octanol–water partition coefficient (Wildman–Crippen LogP) is 2.12. The van der Waals surface area contributed by atoms with E-state index in [-0.39, 0.29) is 5.75 Å². The molecule has 0 aliphatic heterocycles. The third-order valence-corrected chi connectivity index (χ3v) is 5.87. The first-order valence-electron chi connectivity index (χ1n) is 8.30. The summed E-state index contributed by atoms with van der Waals surface area (Å²) in [7, 11) is -3.06. The maximum absolute atomic E-state index is 12.0. The molecule has 0 aromatic rings. The van der Waals surface area contributed by atoms with Crippen LogP contribution in [-0.2, 0) is 10.0 Å². The average Bonchev–Trinajstić information content (AvgIpc) is 3.26. The molecule has 0 aromatic heterocycles. The van der Waals surface area contributed by atoms with E-state index in [1.54, 1.807) is 0 Å². The second-order valence-electron chi connectivity index (χ2n) is 6.46. The van der Waals surface area contributed by atoms with Crippen molar-refractivity contribution in [2.75, 3.05) is 25.4 Å². The van der Waals surface area contributed by atoms with Gasteiger partial charge in [0.1, 0.15) is 0 Å². The normalized spacial score (nSPS) is 19.7. The molecule has 0 saturated heterocycles. The number of sulfonamides is 1. The minimum absolute atomic E-state index is 0.281. The lowest BCUT2D eigenvalue weighted by atomic mass is 9.99. The van der Waals surface area contributed by atoms with Gasteiger partial charge in [-0.05, 0) is 75.8 Å². The van der Waals surface area contributed by atoms with Gasteiger partial charge in [-0.1, -0.05) is 6.92 Å². The van der Waals surface area contributed by atoms with Crippen molar-refractivity contribution in [2.45, 2.75) is 51.9 Å². The van der Waals surface area contributed by atoms with Crippen molar-refractivity contribution in [2.24, 2.45) is 17.8 Å². The summed E-state index contributed by atoms with van der Waals surface area (Å²) < 4.78 is 26.8. The number of nitrogens with one attached hydrogen (secondary N) is 2. The van der Waals surface area contributed by atoms with Crippen molar-refractivity contribution >= 4 is 10.0 Å². The summed E-state index contributed by atoms with van der Waals surface area (Å²) in [5.41, 5.74) is 0. The summed E-state index contributed by atoms with van der Waals surface area (Å²) in [6, 6.07) is 0. The van der Waals surface area contributed by atoms with Crippen LogP contribution in [-0.4, -0.2) is 33.8 Å². The Morgan fingerprint density at radius 3 is 2.25 bits per heavy atom. The second kappa shape index (κ2) is 7.76. The topological polar surface area (TPSA) is 58.2 Å². The molecule has 0 atom stereocenters. The van der Waals surface area contributed by atoms with Gasteiger partial charge in [-0.25, -0.2) is 13.1 Å².